The van der Waals surface area contributed by atoms with E-state index in [9.17, 15) is 4.79 Å². The third-order valence-corrected chi connectivity index (χ3v) is 3.89. The number of rotatable bonds is 6. The van der Waals surface area contributed by atoms with Crippen LogP contribution in [0.3, 0.4) is 0 Å². The number of carbonyl (C=O) groups excluding carboxylic acids is 1. The van der Waals surface area contributed by atoms with Gasteiger partial charge in [-0.15, -0.1) is 0 Å². The Morgan fingerprint density at radius 3 is 2.65 bits per heavy atom. The van der Waals surface area contributed by atoms with Gasteiger partial charge < -0.3 is 10.5 Å². The second kappa shape index (κ2) is 8.00. The summed E-state index contributed by atoms with van der Waals surface area (Å²) in [6.45, 7) is 0. The Morgan fingerprint density at radius 1 is 1.26 bits per heavy atom. The average molecular weight is 308 g/mol. The first-order valence-corrected chi connectivity index (χ1v) is 7.53. The van der Waals surface area contributed by atoms with E-state index in [4.69, 9.17) is 15.7 Å². The third kappa shape index (κ3) is 4.86. The number of nitrogens with two attached hydrogens (primary N) is 1. The number of aryl methyl sites for hydroxylation is 1. The monoisotopic (exact) mass is 308 g/mol. The number of nitrogens with zero attached hydrogens (tertiary/aromatic N) is 1. The van der Waals surface area contributed by atoms with Crippen molar-refractivity contribution in [3.63, 3.8) is 0 Å². The number of hydrogen-bond donors (Lipinski definition) is 1. The summed E-state index contributed by atoms with van der Waals surface area (Å²) in [6.07, 6.45) is 1.94. The minimum Gasteiger partial charge on any atom is -0.469 e. The molecule has 0 aliphatic heterocycles. The Morgan fingerprint density at radius 2 is 2.00 bits per heavy atom. The molecule has 118 valence electrons. The van der Waals surface area contributed by atoms with Crippen molar-refractivity contribution >= 4 is 11.7 Å². The van der Waals surface area contributed by atoms with E-state index in [1.165, 1.54) is 12.7 Å². The molecule has 0 saturated carbocycles. The van der Waals surface area contributed by atoms with Crippen LogP contribution < -0.4 is 5.73 Å². The molecule has 1 atom stereocenters. The van der Waals surface area contributed by atoms with Gasteiger partial charge in [0.2, 0.25) is 0 Å². The first-order chi connectivity index (χ1) is 11.1. The maximum atomic E-state index is 11.7. The normalized spacial score (nSPS) is 11.5. The number of methoxy groups -OCH3 is 1. The van der Waals surface area contributed by atoms with Gasteiger partial charge in [0.05, 0.1) is 25.2 Å². The summed E-state index contributed by atoms with van der Waals surface area (Å²) in [7, 11) is 1.39. The van der Waals surface area contributed by atoms with Crippen LogP contribution in [0.5, 0.6) is 0 Å². The fraction of sp³-hybridized carbons (Fsp3) is 0.263. The zero-order valence-electron chi connectivity index (χ0n) is 13.2. The van der Waals surface area contributed by atoms with E-state index in [-0.39, 0.29) is 11.9 Å². The maximum Gasteiger partial charge on any atom is 0.306 e. The first-order valence-electron chi connectivity index (χ1n) is 7.53. The summed E-state index contributed by atoms with van der Waals surface area (Å²) in [5.41, 5.74) is 9.20. The minimum absolute atomic E-state index is 0.0216. The summed E-state index contributed by atoms with van der Waals surface area (Å²) in [6, 6.07) is 17.3. The van der Waals surface area contributed by atoms with Gasteiger partial charge in [-0.2, -0.15) is 5.26 Å². The molecule has 0 spiro atoms. The molecule has 0 fully saturated rings. The van der Waals surface area contributed by atoms with Crippen LogP contribution in [-0.2, 0) is 16.0 Å². The van der Waals surface area contributed by atoms with E-state index in [1.54, 1.807) is 6.07 Å². The van der Waals surface area contributed by atoms with Crippen molar-refractivity contribution in [2.45, 2.75) is 25.2 Å². The van der Waals surface area contributed by atoms with Crippen LogP contribution in [0.4, 0.5) is 5.69 Å². The summed E-state index contributed by atoms with van der Waals surface area (Å²) < 4.78 is 4.81. The lowest BCUT2D eigenvalue weighted by atomic mass is 9.89. The van der Waals surface area contributed by atoms with Gasteiger partial charge in [-0.05, 0) is 54.2 Å². The highest BCUT2D eigenvalue weighted by atomic mass is 16.5. The van der Waals surface area contributed by atoms with Gasteiger partial charge in [0.1, 0.15) is 0 Å². The van der Waals surface area contributed by atoms with E-state index in [0.717, 1.165) is 24.1 Å². The number of anilines is 1. The van der Waals surface area contributed by atoms with Crippen LogP contribution in [0.1, 0.15) is 35.4 Å². The largest absolute Gasteiger partial charge is 0.469 e. The summed E-state index contributed by atoms with van der Waals surface area (Å²) in [5, 5.41) is 9.05. The molecular formula is C19H20N2O2. The molecule has 0 aromatic heterocycles. The van der Waals surface area contributed by atoms with Crippen molar-refractivity contribution in [1.82, 2.24) is 0 Å². The molecule has 2 N–H and O–H groups in total. The van der Waals surface area contributed by atoms with Crippen LogP contribution >= 0.6 is 0 Å². The number of hydrogen-bond acceptors (Lipinski definition) is 4. The Kier molecular flexibility index (Phi) is 5.76. The van der Waals surface area contributed by atoms with Gasteiger partial charge in [-0.1, -0.05) is 24.3 Å². The van der Waals surface area contributed by atoms with Crippen LogP contribution in [0.25, 0.3) is 0 Å². The molecule has 0 unspecified atom stereocenters. The highest BCUT2D eigenvalue weighted by Crippen LogP contribution is 2.26. The molecule has 0 bridgehead atoms. The van der Waals surface area contributed by atoms with Crippen molar-refractivity contribution in [1.29, 1.82) is 5.26 Å². The molecule has 0 amide bonds. The number of carbonyl (C=O) groups is 1. The fourth-order valence-corrected chi connectivity index (χ4v) is 2.56. The quantitative estimate of drug-likeness (QED) is 0.655. The van der Waals surface area contributed by atoms with Crippen LogP contribution in [-0.4, -0.2) is 13.1 Å². The molecule has 2 rings (SSSR count). The lowest BCUT2D eigenvalue weighted by molar-refractivity contribution is -0.141. The molecule has 2 aromatic carbocycles. The predicted octanol–water partition coefficient (Wildman–Crippen LogP) is 3.42. The van der Waals surface area contributed by atoms with Gasteiger partial charge in [0.15, 0.2) is 0 Å². The molecule has 0 aliphatic rings. The zero-order valence-corrected chi connectivity index (χ0v) is 13.2. The van der Waals surface area contributed by atoms with Gasteiger partial charge in [-0.25, -0.2) is 0 Å². The summed E-state index contributed by atoms with van der Waals surface area (Å²) in [5.74, 6) is -0.219. The van der Waals surface area contributed by atoms with Crippen molar-refractivity contribution in [3.8, 4) is 6.07 Å². The Bertz CT molecular complexity index is 702. The van der Waals surface area contributed by atoms with Gasteiger partial charge in [0, 0.05) is 5.69 Å². The summed E-state index contributed by atoms with van der Waals surface area (Å²) in [4.78, 5) is 11.7. The van der Waals surface area contributed by atoms with Crippen molar-refractivity contribution in [2.24, 2.45) is 0 Å². The predicted molar refractivity (Wildman–Crippen MR) is 89.7 cm³/mol. The van der Waals surface area contributed by atoms with Gasteiger partial charge in [-0.3, -0.25) is 4.79 Å². The number of benzene rings is 2. The maximum absolute atomic E-state index is 11.7. The van der Waals surface area contributed by atoms with Crippen LogP contribution in [0.2, 0.25) is 0 Å². The van der Waals surface area contributed by atoms with E-state index in [1.807, 2.05) is 42.5 Å². The summed E-state index contributed by atoms with van der Waals surface area (Å²) >= 11 is 0. The number of ether oxygens (including phenoxy) is 1. The lowest BCUT2D eigenvalue weighted by Gasteiger charge is -2.16. The average Bonchev–Trinajstić information content (AvgIpc) is 2.59. The first kappa shape index (κ1) is 16.6. The van der Waals surface area contributed by atoms with Gasteiger partial charge >= 0.3 is 5.97 Å². The molecule has 23 heavy (non-hydrogen) atoms. The second-order valence-corrected chi connectivity index (χ2v) is 5.49. The van der Waals surface area contributed by atoms with Crippen molar-refractivity contribution in [3.05, 3.63) is 65.2 Å². The SMILES string of the molecule is COC(=O)C[C@@H](CCc1ccc(N)cc1)c1cccc(C#N)c1. The molecular weight excluding hydrogens is 288 g/mol. The topological polar surface area (TPSA) is 76.1 Å². The molecule has 0 aliphatic carbocycles. The molecule has 0 radical (unpaired) electrons. The smallest absolute Gasteiger partial charge is 0.306 e. The lowest BCUT2D eigenvalue weighted by Crippen LogP contribution is -2.10. The Labute approximate surface area is 136 Å². The van der Waals surface area contributed by atoms with Crippen LogP contribution in [0, 0.1) is 11.3 Å². The van der Waals surface area contributed by atoms with Crippen LogP contribution in [0.15, 0.2) is 48.5 Å². The highest BCUT2D eigenvalue weighted by molar-refractivity contribution is 5.70. The minimum atomic E-state index is -0.241. The molecule has 0 heterocycles. The highest BCUT2D eigenvalue weighted by Gasteiger charge is 2.17. The standard InChI is InChI=1S/C19H20N2O2/c1-23-19(22)12-17(16-4-2-3-15(11-16)13-20)8-5-14-6-9-18(21)10-7-14/h2-4,6-7,9-11,17H,5,8,12,21H2,1H3/t17-/m1/s1. The van der Waals surface area contributed by atoms with E-state index < -0.39 is 0 Å². The van der Waals surface area contributed by atoms with E-state index in [0.29, 0.717) is 12.0 Å². The zero-order chi connectivity index (χ0) is 16.7. The molecule has 2 aromatic rings. The Hall–Kier alpha value is -2.80. The molecule has 0 saturated heterocycles. The van der Waals surface area contributed by atoms with E-state index in [2.05, 4.69) is 6.07 Å². The van der Waals surface area contributed by atoms with Gasteiger partial charge in [0.25, 0.3) is 0 Å². The molecule has 4 heteroatoms. The number of nitriles is 1. The van der Waals surface area contributed by atoms with E-state index >= 15 is 0 Å². The molecule has 4 nitrogen and oxygen atoms in total. The Balaban J connectivity index is 2.14. The second-order valence-electron chi connectivity index (χ2n) is 5.49. The van der Waals surface area contributed by atoms with Crippen molar-refractivity contribution in [2.75, 3.05) is 12.8 Å². The fourth-order valence-electron chi connectivity index (χ4n) is 2.56. The number of esters is 1. The van der Waals surface area contributed by atoms with Crippen molar-refractivity contribution < 1.29 is 9.53 Å². The third-order valence-electron chi connectivity index (χ3n) is 3.89. The number of nitrogen functional groups attached to an aromatic ring is 1.